The van der Waals surface area contributed by atoms with Gasteiger partial charge in [-0.1, -0.05) is 92.3 Å². The van der Waals surface area contributed by atoms with E-state index in [1.54, 1.807) is 0 Å². The van der Waals surface area contributed by atoms with Gasteiger partial charge in [-0.3, -0.25) is 0 Å². The Morgan fingerprint density at radius 2 is 1.89 bits per heavy atom. The van der Waals surface area contributed by atoms with E-state index in [-0.39, 0.29) is 0 Å². The lowest BCUT2D eigenvalue weighted by Gasteiger charge is -2.21. The fraction of sp³-hybridized carbons (Fsp3) is 0.308. The summed E-state index contributed by atoms with van der Waals surface area (Å²) in [6, 6.07) is 10.4. The van der Waals surface area contributed by atoms with Crippen LogP contribution in [0.1, 0.15) is 40.5 Å². The van der Waals surface area contributed by atoms with E-state index in [0.29, 0.717) is 5.92 Å². The maximum Gasteiger partial charge on any atom is 0.0407 e. The monoisotopic (exact) mass is 361 g/mol. The van der Waals surface area contributed by atoms with Crippen molar-refractivity contribution in [3.8, 4) is 0 Å². The molecule has 0 spiro atoms. The maximum atomic E-state index is 3.89. The van der Waals surface area contributed by atoms with Crippen molar-refractivity contribution in [3.63, 3.8) is 0 Å². The fourth-order valence-corrected chi connectivity index (χ4v) is 2.84. The van der Waals surface area contributed by atoms with Crippen molar-refractivity contribution in [1.82, 2.24) is 0 Å². The molecule has 0 amide bonds. The summed E-state index contributed by atoms with van der Waals surface area (Å²) in [5.74, 6) is 0.348. The van der Waals surface area contributed by atoms with Crippen LogP contribution in [0.25, 0.3) is 0 Å². The zero-order chi connectivity index (χ0) is 20.1. The number of allylic oxidation sites excluding steroid dienone is 10. The highest BCUT2D eigenvalue weighted by atomic mass is 15.1. The molecule has 0 heterocycles. The predicted molar refractivity (Wildman–Crippen MR) is 123 cm³/mol. The molecule has 0 N–H and O–H groups in total. The Hall–Kier alpha value is -2.54. The number of hydrogen-bond acceptors (Lipinski definition) is 1. The van der Waals surface area contributed by atoms with E-state index < -0.39 is 0 Å². The van der Waals surface area contributed by atoms with E-state index in [2.05, 4.69) is 113 Å². The lowest BCUT2D eigenvalue weighted by Crippen LogP contribution is -2.14. The highest BCUT2D eigenvalue weighted by molar-refractivity contribution is 5.53. The van der Waals surface area contributed by atoms with Crippen LogP contribution in [0.3, 0.4) is 0 Å². The number of hydrogen-bond donors (Lipinski definition) is 0. The van der Waals surface area contributed by atoms with Crippen LogP contribution in [0.5, 0.6) is 0 Å². The van der Waals surface area contributed by atoms with Gasteiger partial charge in [-0.25, -0.2) is 0 Å². The zero-order valence-electron chi connectivity index (χ0n) is 17.7. The van der Waals surface area contributed by atoms with Gasteiger partial charge in [-0.05, 0) is 50.8 Å². The van der Waals surface area contributed by atoms with Crippen molar-refractivity contribution < 1.29 is 0 Å². The van der Waals surface area contributed by atoms with E-state index >= 15 is 0 Å². The fourth-order valence-electron chi connectivity index (χ4n) is 2.84. The summed E-state index contributed by atoms with van der Waals surface area (Å²) in [4.78, 5) is 2.21. The Morgan fingerprint density at radius 3 is 2.48 bits per heavy atom. The van der Waals surface area contributed by atoms with Gasteiger partial charge in [-0.15, -0.1) is 0 Å². The first-order valence-electron chi connectivity index (χ1n) is 9.80. The molecule has 0 bridgehead atoms. The van der Waals surface area contributed by atoms with Crippen molar-refractivity contribution in [2.45, 2.75) is 40.5 Å². The second-order valence-electron chi connectivity index (χ2n) is 6.76. The van der Waals surface area contributed by atoms with Gasteiger partial charge in [0.05, 0.1) is 0 Å². The molecular formula is C26H35N. The minimum absolute atomic E-state index is 0.348. The first-order chi connectivity index (χ1) is 13.0. The van der Waals surface area contributed by atoms with E-state index in [4.69, 9.17) is 0 Å². The van der Waals surface area contributed by atoms with Gasteiger partial charge >= 0.3 is 0 Å². The number of nitrogens with zero attached hydrogens (tertiary/aromatic N) is 1. The Balaban J connectivity index is 2.89. The van der Waals surface area contributed by atoms with Crippen LogP contribution in [0, 0.1) is 5.92 Å². The van der Waals surface area contributed by atoms with Gasteiger partial charge in [0.1, 0.15) is 0 Å². The van der Waals surface area contributed by atoms with E-state index in [0.717, 1.165) is 12.8 Å². The molecule has 27 heavy (non-hydrogen) atoms. The molecule has 0 aromatic heterocycles. The molecule has 1 rings (SSSR count). The topological polar surface area (TPSA) is 3.24 Å². The van der Waals surface area contributed by atoms with Gasteiger partial charge in [0, 0.05) is 18.4 Å². The van der Waals surface area contributed by atoms with E-state index in [1.807, 2.05) is 12.1 Å². The Morgan fingerprint density at radius 1 is 1.19 bits per heavy atom. The largest absolute Gasteiger partial charge is 0.345 e. The van der Waals surface area contributed by atoms with Crippen molar-refractivity contribution in [2.75, 3.05) is 11.9 Å². The third-order valence-corrected chi connectivity index (χ3v) is 4.53. The van der Waals surface area contributed by atoms with Crippen LogP contribution in [0.4, 0.5) is 5.69 Å². The average Bonchev–Trinajstić information content (AvgIpc) is 2.68. The molecule has 0 fully saturated rings. The quantitative estimate of drug-likeness (QED) is 0.387. The summed E-state index contributed by atoms with van der Waals surface area (Å²) in [5.41, 5.74) is 5.11. The van der Waals surface area contributed by atoms with Crippen molar-refractivity contribution in [2.24, 2.45) is 5.92 Å². The molecular weight excluding hydrogens is 326 g/mol. The molecule has 0 aliphatic rings. The smallest absolute Gasteiger partial charge is 0.0407 e. The summed E-state index contributed by atoms with van der Waals surface area (Å²) < 4.78 is 0. The lowest BCUT2D eigenvalue weighted by molar-refractivity contribution is 0.816. The summed E-state index contributed by atoms with van der Waals surface area (Å²) in [6.45, 7) is 12.6. The normalized spacial score (nSPS) is 14.8. The SMILES string of the molecule is C=C/C=C(/C/C(C)=C\C=C/CC)C(C)/C=C\C(=C/C)N(C)c1ccccc1. The van der Waals surface area contributed by atoms with Gasteiger partial charge in [0.25, 0.3) is 0 Å². The first kappa shape index (κ1) is 22.5. The summed E-state index contributed by atoms with van der Waals surface area (Å²) in [5, 5.41) is 0. The molecule has 1 aromatic carbocycles. The average molecular weight is 362 g/mol. The van der Waals surface area contributed by atoms with E-state index in [1.165, 1.54) is 22.5 Å². The van der Waals surface area contributed by atoms with Gasteiger partial charge < -0.3 is 4.90 Å². The predicted octanol–water partition coefficient (Wildman–Crippen LogP) is 7.63. The van der Waals surface area contributed by atoms with Crippen LogP contribution in [-0.2, 0) is 0 Å². The summed E-state index contributed by atoms with van der Waals surface area (Å²) in [6.07, 6.45) is 19.2. The van der Waals surface area contributed by atoms with Crippen molar-refractivity contribution >= 4 is 5.69 Å². The van der Waals surface area contributed by atoms with Gasteiger partial charge in [0.2, 0.25) is 0 Å². The van der Waals surface area contributed by atoms with Crippen LogP contribution in [0.2, 0.25) is 0 Å². The highest BCUT2D eigenvalue weighted by Crippen LogP contribution is 2.23. The molecule has 0 aliphatic heterocycles. The van der Waals surface area contributed by atoms with Gasteiger partial charge in [-0.2, -0.15) is 0 Å². The molecule has 1 aromatic rings. The molecule has 1 atom stereocenters. The molecule has 1 nitrogen and oxygen atoms in total. The van der Waals surface area contributed by atoms with Crippen LogP contribution in [-0.4, -0.2) is 7.05 Å². The second kappa shape index (κ2) is 12.8. The number of likely N-dealkylation sites (N-methyl/N-ethyl adjacent to an activating group) is 1. The van der Waals surface area contributed by atoms with Crippen LogP contribution >= 0.6 is 0 Å². The van der Waals surface area contributed by atoms with Crippen LogP contribution in [0.15, 0.2) is 102 Å². The second-order valence-corrected chi connectivity index (χ2v) is 6.76. The Labute approximate surface area is 166 Å². The third kappa shape index (κ3) is 8.13. The molecule has 0 aliphatic carbocycles. The molecule has 1 heteroatoms. The maximum absolute atomic E-state index is 3.89. The lowest BCUT2D eigenvalue weighted by atomic mass is 9.93. The number of rotatable bonds is 10. The van der Waals surface area contributed by atoms with Crippen molar-refractivity contribution in [3.05, 3.63) is 102 Å². The van der Waals surface area contributed by atoms with E-state index in [9.17, 15) is 0 Å². The highest BCUT2D eigenvalue weighted by Gasteiger charge is 2.08. The Kier molecular flexibility index (Phi) is 10.6. The first-order valence-corrected chi connectivity index (χ1v) is 9.80. The molecule has 0 saturated carbocycles. The van der Waals surface area contributed by atoms with Crippen LogP contribution < -0.4 is 4.90 Å². The van der Waals surface area contributed by atoms with Crippen molar-refractivity contribution in [1.29, 1.82) is 0 Å². The number of anilines is 1. The third-order valence-electron chi connectivity index (χ3n) is 4.53. The molecule has 1 unspecified atom stereocenters. The molecule has 144 valence electrons. The summed E-state index contributed by atoms with van der Waals surface area (Å²) in [7, 11) is 2.10. The number of para-hydroxylation sites is 1. The molecule has 0 radical (unpaired) electrons. The number of benzene rings is 1. The minimum Gasteiger partial charge on any atom is -0.345 e. The Bertz CT molecular complexity index is 714. The minimum atomic E-state index is 0.348. The van der Waals surface area contributed by atoms with Gasteiger partial charge in [0.15, 0.2) is 0 Å². The zero-order valence-corrected chi connectivity index (χ0v) is 17.7. The standard InChI is InChI=1S/C26H35N/c1-7-10-12-16-22(4)21-24(15-8-2)23(5)19-20-25(9-3)27(6)26-17-13-11-14-18-26/h8-20,23H,2,7,21H2,1,3-6H3/b12-10-,20-19-,22-16-,24-15-,25-9+. The molecule has 0 saturated heterocycles. The summed E-state index contributed by atoms with van der Waals surface area (Å²) >= 11 is 0.